The van der Waals surface area contributed by atoms with Crippen LogP contribution in [0.25, 0.3) is 0 Å². The van der Waals surface area contributed by atoms with Crippen molar-refractivity contribution in [3.05, 3.63) is 35.6 Å². The van der Waals surface area contributed by atoms with E-state index in [1.54, 1.807) is 0 Å². The number of hydrogen-bond acceptors (Lipinski definition) is 1. The molecule has 0 fully saturated rings. The Morgan fingerprint density at radius 3 is 2.08 bits per heavy atom. The molecule has 0 atom stereocenters. The molecule has 0 aromatic rings. The maximum absolute atomic E-state index is 2.12. The van der Waals surface area contributed by atoms with Gasteiger partial charge in [-0.05, 0) is 31.9 Å². The molecule has 12 heavy (non-hydrogen) atoms. The first-order valence-corrected chi connectivity index (χ1v) is 4.22. The molecule has 0 amide bonds. The number of hydrogen-bond donors (Lipinski definition) is 0. The summed E-state index contributed by atoms with van der Waals surface area (Å²) in [4.78, 5) is 2.06. The van der Waals surface area contributed by atoms with Gasteiger partial charge >= 0.3 is 0 Å². The van der Waals surface area contributed by atoms with E-state index in [0.717, 1.165) is 0 Å². The van der Waals surface area contributed by atoms with Gasteiger partial charge in [-0.2, -0.15) is 0 Å². The molecule has 0 aliphatic heterocycles. The van der Waals surface area contributed by atoms with Crippen LogP contribution in [0.1, 0.15) is 20.8 Å². The SMILES string of the molecule is C\C=C/C=C(C)/C(C)=C/N(C)C. The van der Waals surface area contributed by atoms with E-state index in [4.69, 9.17) is 0 Å². The van der Waals surface area contributed by atoms with Crippen molar-refractivity contribution in [2.24, 2.45) is 0 Å². The zero-order chi connectivity index (χ0) is 9.56. The van der Waals surface area contributed by atoms with Crippen molar-refractivity contribution in [2.75, 3.05) is 14.1 Å². The smallest absolute Gasteiger partial charge is 0.00557 e. The van der Waals surface area contributed by atoms with E-state index in [1.165, 1.54) is 11.1 Å². The standard InChI is InChI=1S/C11H19N/c1-6-7-8-10(2)11(3)9-12(4)5/h6-9H,1-5H3/b7-6-,10-8+,11-9+. The fraction of sp³-hybridized carbons (Fsp3) is 0.455. The lowest BCUT2D eigenvalue weighted by Crippen LogP contribution is -2.02. The molecule has 0 N–H and O–H groups in total. The minimum atomic E-state index is 1.30. The Hall–Kier alpha value is -0.980. The molecule has 0 aromatic carbocycles. The highest BCUT2D eigenvalue weighted by Crippen LogP contribution is 2.08. The van der Waals surface area contributed by atoms with Gasteiger partial charge in [-0.15, -0.1) is 0 Å². The summed E-state index contributed by atoms with van der Waals surface area (Å²) in [5.41, 5.74) is 2.61. The summed E-state index contributed by atoms with van der Waals surface area (Å²) in [5, 5.41) is 0. The quantitative estimate of drug-likeness (QED) is 0.581. The van der Waals surface area contributed by atoms with Crippen LogP contribution in [-0.2, 0) is 0 Å². The van der Waals surface area contributed by atoms with Crippen LogP contribution in [0.2, 0.25) is 0 Å². The maximum atomic E-state index is 2.12. The molecular weight excluding hydrogens is 146 g/mol. The Kier molecular flexibility index (Phi) is 5.18. The first kappa shape index (κ1) is 11.0. The number of allylic oxidation sites excluding steroid dienone is 5. The Morgan fingerprint density at radius 2 is 1.67 bits per heavy atom. The molecule has 1 heteroatoms. The van der Waals surface area contributed by atoms with Gasteiger partial charge in [0.2, 0.25) is 0 Å². The summed E-state index contributed by atoms with van der Waals surface area (Å²) in [5.74, 6) is 0. The van der Waals surface area contributed by atoms with Crippen molar-refractivity contribution in [3.63, 3.8) is 0 Å². The van der Waals surface area contributed by atoms with Crippen molar-refractivity contribution in [1.29, 1.82) is 0 Å². The molecule has 0 heterocycles. The molecule has 0 aromatic heterocycles. The van der Waals surface area contributed by atoms with Crippen LogP contribution in [0.5, 0.6) is 0 Å². The predicted molar refractivity (Wildman–Crippen MR) is 56.0 cm³/mol. The van der Waals surface area contributed by atoms with Gasteiger partial charge in [0.05, 0.1) is 0 Å². The average Bonchev–Trinajstić information content (AvgIpc) is 1.98. The van der Waals surface area contributed by atoms with Crippen molar-refractivity contribution in [3.8, 4) is 0 Å². The average molecular weight is 165 g/mol. The van der Waals surface area contributed by atoms with E-state index in [0.29, 0.717) is 0 Å². The van der Waals surface area contributed by atoms with Crippen LogP contribution in [0, 0.1) is 0 Å². The highest BCUT2D eigenvalue weighted by Gasteiger charge is 1.90. The highest BCUT2D eigenvalue weighted by atomic mass is 15.0. The third-order valence-electron chi connectivity index (χ3n) is 1.61. The van der Waals surface area contributed by atoms with Gasteiger partial charge in [-0.25, -0.2) is 0 Å². The molecule has 0 bridgehead atoms. The van der Waals surface area contributed by atoms with Crippen LogP contribution < -0.4 is 0 Å². The lowest BCUT2D eigenvalue weighted by molar-refractivity contribution is 0.559. The first-order chi connectivity index (χ1) is 5.57. The monoisotopic (exact) mass is 165 g/mol. The van der Waals surface area contributed by atoms with E-state index in [1.807, 2.05) is 27.1 Å². The van der Waals surface area contributed by atoms with Gasteiger partial charge in [0.25, 0.3) is 0 Å². The van der Waals surface area contributed by atoms with E-state index in [-0.39, 0.29) is 0 Å². The normalized spacial score (nSPS) is 14.1. The fourth-order valence-electron chi connectivity index (χ4n) is 0.861. The van der Waals surface area contributed by atoms with Crippen molar-refractivity contribution < 1.29 is 0 Å². The van der Waals surface area contributed by atoms with Crippen LogP contribution >= 0.6 is 0 Å². The predicted octanol–water partition coefficient (Wildman–Crippen LogP) is 2.97. The Bertz CT molecular complexity index is 207. The summed E-state index contributed by atoms with van der Waals surface area (Å²) in [6, 6.07) is 0. The minimum absolute atomic E-state index is 1.30. The topological polar surface area (TPSA) is 3.24 Å². The van der Waals surface area contributed by atoms with Gasteiger partial charge in [0.15, 0.2) is 0 Å². The molecule has 1 nitrogen and oxygen atoms in total. The third kappa shape index (κ3) is 4.78. The molecule has 0 rings (SSSR count). The summed E-state index contributed by atoms with van der Waals surface area (Å²) in [6.07, 6.45) is 8.33. The van der Waals surface area contributed by atoms with Crippen LogP contribution in [0.4, 0.5) is 0 Å². The second-order valence-electron chi connectivity index (χ2n) is 3.15. The largest absolute Gasteiger partial charge is 0.383 e. The second kappa shape index (κ2) is 5.64. The van der Waals surface area contributed by atoms with Gasteiger partial charge in [0.1, 0.15) is 0 Å². The van der Waals surface area contributed by atoms with E-state index in [2.05, 4.69) is 37.1 Å². The molecule has 68 valence electrons. The second-order valence-corrected chi connectivity index (χ2v) is 3.15. The zero-order valence-corrected chi connectivity index (χ0v) is 8.76. The molecule has 0 aliphatic carbocycles. The molecule has 0 spiro atoms. The summed E-state index contributed by atoms with van der Waals surface area (Å²) in [7, 11) is 4.07. The minimum Gasteiger partial charge on any atom is -0.383 e. The van der Waals surface area contributed by atoms with Crippen molar-refractivity contribution >= 4 is 0 Å². The number of nitrogens with zero attached hydrogens (tertiary/aromatic N) is 1. The highest BCUT2D eigenvalue weighted by molar-refractivity contribution is 5.29. The summed E-state index contributed by atoms with van der Waals surface area (Å²) in [6.45, 7) is 6.26. The van der Waals surface area contributed by atoms with Crippen LogP contribution in [-0.4, -0.2) is 19.0 Å². The van der Waals surface area contributed by atoms with E-state index >= 15 is 0 Å². The maximum Gasteiger partial charge on any atom is 0.00557 e. The van der Waals surface area contributed by atoms with Crippen molar-refractivity contribution in [2.45, 2.75) is 20.8 Å². The van der Waals surface area contributed by atoms with Gasteiger partial charge in [-0.1, -0.05) is 18.2 Å². The summed E-state index contributed by atoms with van der Waals surface area (Å²) >= 11 is 0. The fourth-order valence-corrected chi connectivity index (χ4v) is 0.861. The molecule has 0 radical (unpaired) electrons. The van der Waals surface area contributed by atoms with Gasteiger partial charge < -0.3 is 4.90 Å². The van der Waals surface area contributed by atoms with Crippen LogP contribution in [0.15, 0.2) is 35.6 Å². The van der Waals surface area contributed by atoms with E-state index < -0.39 is 0 Å². The lowest BCUT2D eigenvalue weighted by atomic mass is 10.1. The molecular formula is C11H19N. The summed E-state index contributed by atoms with van der Waals surface area (Å²) < 4.78 is 0. The first-order valence-electron chi connectivity index (χ1n) is 4.22. The molecule has 0 saturated heterocycles. The van der Waals surface area contributed by atoms with Gasteiger partial charge in [0, 0.05) is 20.3 Å². The zero-order valence-electron chi connectivity index (χ0n) is 8.76. The number of rotatable bonds is 3. The van der Waals surface area contributed by atoms with Crippen LogP contribution in [0.3, 0.4) is 0 Å². The van der Waals surface area contributed by atoms with Gasteiger partial charge in [-0.3, -0.25) is 0 Å². The Morgan fingerprint density at radius 1 is 1.08 bits per heavy atom. The Balaban J connectivity index is 4.37. The third-order valence-corrected chi connectivity index (χ3v) is 1.61. The Labute approximate surface area is 76.1 Å². The molecule has 0 aliphatic rings. The molecule has 0 unspecified atom stereocenters. The lowest BCUT2D eigenvalue weighted by Gasteiger charge is -2.07. The van der Waals surface area contributed by atoms with Crippen molar-refractivity contribution in [1.82, 2.24) is 4.90 Å². The van der Waals surface area contributed by atoms with E-state index in [9.17, 15) is 0 Å². The molecule has 0 saturated carbocycles.